The van der Waals surface area contributed by atoms with E-state index in [9.17, 15) is 34.6 Å². The minimum absolute atomic E-state index is 0.169. The first-order chi connectivity index (χ1) is 26.8. The Kier molecular flexibility index (Phi) is 27.0. The molecule has 1 N–H and O–H groups in total. The molecule has 1 saturated heterocycles. The van der Waals surface area contributed by atoms with Crippen LogP contribution in [0.2, 0.25) is 0 Å². The second-order valence-corrected chi connectivity index (χ2v) is 19.1. The van der Waals surface area contributed by atoms with Crippen LogP contribution in [-0.4, -0.2) is 60.2 Å². The van der Waals surface area contributed by atoms with E-state index in [1.54, 1.807) is 0 Å². The molecule has 0 aromatic heterocycles. The summed E-state index contributed by atoms with van der Waals surface area (Å²) >= 11 is 0. The summed E-state index contributed by atoms with van der Waals surface area (Å²) in [5, 5.41) is 0. The summed E-state index contributed by atoms with van der Waals surface area (Å²) in [6, 6.07) is 0. The summed E-state index contributed by atoms with van der Waals surface area (Å²) in [5.41, 5.74) is 0. The molecule has 16 heteroatoms. The van der Waals surface area contributed by atoms with Crippen LogP contribution >= 0.6 is 0 Å². The zero-order chi connectivity index (χ0) is 41.0. The van der Waals surface area contributed by atoms with Crippen LogP contribution in [0.1, 0.15) is 200 Å². The van der Waals surface area contributed by atoms with Gasteiger partial charge in [-0.1, -0.05) is 140 Å². The maximum Gasteiger partial charge on any atom is 0.416 e. The molecule has 0 aliphatic carbocycles. The fourth-order valence-electron chi connectivity index (χ4n) is 7.46. The van der Waals surface area contributed by atoms with Gasteiger partial charge in [0, 0.05) is 18.9 Å². The van der Waals surface area contributed by atoms with Crippen LogP contribution < -0.4 is 0 Å². The highest BCUT2D eigenvalue weighted by Crippen LogP contribution is 2.27. The topological polar surface area (TPSA) is 186 Å². The van der Waals surface area contributed by atoms with Gasteiger partial charge in [-0.15, -0.1) is 3.63 Å². The number of carbonyl (C=O) groups is 1. The Hall–Kier alpha value is -1.40. The van der Waals surface area contributed by atoms with E-state index in [4.69, 9.17) is 17.3 Å². The van der Waals surface area contributed by atoms with Gasteiger partial charge >= 0.3 is 37.2 Å². The maximum absolute atomic E-state index is 12.8. The van der Waals surface area contributed by atoms with Crippen molar-refractivity contribution in [3.05, 3.63) is 24.3 Å². The molecule has 328 valence electrons. The number of esters is 1. The van der Waals surface area contributed by atoms with Gasteiger partial charge in [0.05, 0.1) is 18.3 Å². The van der Waals surface area contributed by atoms with Gasteiger partial charge in [-0.3, -0.25) is 4.55 Å². The van der Waals surface area contributed by atoms with Crippen molar-refractivity contribution in [1.82, 2.24) is 0 Å². The summed E-state index contributed by atoms with van der Waals surface area (Å²) in [5.74, 6) is -0.450. The van der Waals surface area contributed by atoms with Crippen LogP contribution in [0.4, 0.5) is 0 Å². The Morgan fingerprint density at radius 3 is 1.73 bits per heavy atom. The van der Waals surface area contributed by atoms with Crippen LogP contribution in [0.5, 0.6) is 0 Å². The standard InChI is InChI=1S/C40H72O13S3/c1-2-3-4-5-14-20-25-30-37(50-54(42,43)44)34-36-29-24-19-15-11-9-12-17-22-27-32-39-35-38(51-55(45,46)53-56(47,48)52-39)31-26-21-16-10-7-6-8-13-18-23-28-33-40(41)49-36/h2-3,28,33,36-39H,4-27,29-32,34-35H2,1H3,(H,42,43,44)/b3-2+,33-28+/t36-,37-,38-,39+/m1/s1. The third-order valence-electron chi connectivity index (χ3n) is 10.4. The van der Waals surface area contributed by atoms with Gasteiger partial charge in [-0.2, -0.15) is 25.3 Å². The molecule has 0 amide bonds. The Balaban J connectivity index is 1.96. The Morgan fingerprint density at radius 1 is 0.732 bits per heavy atom. The van der Waals surface area contributed by atoms with E-state index in [2.05, 4.69) is 9.71 Å². The highest BCUT2D eigenvalue weighted by Gasteiger charge is 2.35. The van der Waals surface area contributed by atoms with Crippen LogP contribution in [0.15, 0.2) is 24.3 Å². The monoisotopic (exact) mass is 856 g/mol. The number of carbonyl (C=O) groups excluding carboxylic acids is 1. The lowest BCUT2D eigenvalue weighted by Gasteiger charge is -2.25. The lowest BCUT2D eigenvalue weighted by atomic mass is 9.99. The molecule has 2 heterocycles. The highest BCUT2D eigenvalue weighted by atomic mass is 32.3. The fourth-order valence-corrected chi connectivity index (χ4v) is 10.1. The number of rotatable bonds is 11. The third kappa shape index (κ3) is 28.1. The average Bonchev–Trinajstić information content (AvgIpc) is 3.09. The van der Waals surface area contributed by atoms with E-state index in [0.29, 0.717) is 25.7 Å². The minimum atomic E-state index is -4.74. The molecule has 0 unspecified atom stereocenters. The number of hydrogen-bond acceptors (Lipinski definition) is 12. The number of hydrogen-bond donors (Lipinski definition) is 1. The van der Waals surface area contributed by atoms with Gasteiger partial charge in [0.2, 0.25) is 0 Å². The average molecular weight is 857 g/mol. The Morgan fingerprint density at radius 2 is 1.21 bits per heavy atom. The molecule has 2 bridgehead atoms. The van der Waals surface area contributed by atoms with E-state index in [-0.39, 0.29) is 12.8 Å². The molecule has 2 aliphatic heterocycles. The number of fused-ring (bicyclic) bond motifs is 2. The van der Waals surface area contributed by atoms with Crippen molar-refractivity contribution in [2.75, 3.05) is 0 Å². The quantitative estimate of drug-likeness (QED) is 0.0896. The lowest BCUT2D eigenvalue weighted by molar-refractivity contribution is -0.144. The van der Waals surface area contributed by atoms with Crippen LogP contribution in [0.3, 0.4) is 0 Å². The molecular formula is C40H72O13S3. The first-order valence-corrected chi connectivity index (χ1v) is 25.5. The van der Waals surface area contributed by atoms with E-state index in [1.165, 1.54) is 6.08 Å². The van der Waals surface area contributed by atoms with E-state index in [1.807, 2.05) is 19.1 Å². The molecule has 1 fully saturated rings. The Labute approximate surface area is 339 Å². The molecule has 0 aromatic carbocycles. The van der Waals surface area contributed by atoms with Crippen LogP contribution in [0, 0.1) is 0 Å². The molecule has 56 heavy (non-hydrogen) atoms. The highest BCUT2D eigenvalue weighted by molar-refractivity contribution is 7.95. The van der Waals surface area contributed by atoms with Gasteiger partial charge in [0.1, 0.15) is 6.10 Å². The molecule has 0 saturated carbocycles. The predicted molar refractivity (Wildman–Crippen MR) is 217 cm³/mol. The third-order valence-corrected chi connectivity index (χ3v) is 13.2. The second kappa shape index (κ2) is 29.8. The Bertz CT molecular complexity index is 1430. The number of unbranched alkanes of at least 4 members (excludes halogenated alkanes) is 4. The molecule has 0 aromatic rings. The SMILES string of the molecule is C/C=C/CCCCCC[C@H](C[C@H]1CCCCCCCCCCC[C@H]2C[C@@H](CCCCCCCCCCC/C=C/C(=O)O1)OS(=O)(=O)OS(=O)(=O)O2)OS(=O)(=O)O. The lowest BCUT2D eigenvalue weighted by Crippen LogP contribution is -2.34. The largest absolute Gasteiger partial charge is 0.459 e. The van der Waals surface area contributed by atoms with Gasteiger partial charge in [-0.05, 0) is 64.7 Å². The number of ether oxygens (including phenoxy) is 1. The molecule has 2 aliphatic rings. The summed E-state index contributed by atoms with van der Waals surface area (Å²) in [4.78, 5) is 12.8. The number of allylic oxidation sites excluding steroid dienone is 3. The zero-order valence-electron chi connectivity index (χ0n) is 33.9. The molecule has 2 rings (SSSR count). The van der Waals surface area contributed by atoms with Crippen molar-refractivity contribution in [2.45, 2.75) is 224 Å². The predicted octanol–water partition coefficient (Wildman–Crippen LogP) is 10.2. The summed E-state index contributed by atoms with van der Waals surface area (Å²) in [6.07, 6.45) is 29.9. The summed E-state index contributed by atoms with van der Waals surface area (Å²) in [6.45, 7) is 1.99. The van der Waals surface area contributed by atoms with Crippen molar-refractivity contribution >= 4 is 37.2 Å². The summed E-state index contributed by atoms with van der Waals surface area (Å²) < 4.78 is 107. The maximum atomic E-state index is 12.8. The van der Waals surface area contributed by atoms with E-state index >= 15 is 0 Å². The molecule has 0 radical (unpaired) electrons. The van der Waals surface area contributed by atoms with E-state index < -0.39 is 61.6 Å². The second-order valence-electron chi connectivity index (χ2n) is 15.5. The molecule has 4 atom stereocenters. The van der Waals surface area contributed by atoms with Crippen LogP contribution in [0.25, 0.3) is 0 Å². The van der Waals surface area contributed by atoms with E-state index in [0.717, 1.165) is 154 Å². The first-order valence-electron chi connectivity index (χ1n) is 21.5. The minimum Gasteiger partial charge on any atom is -0.459 e. The fraction of sp³-hybridized carbons (Fsp3) is 0.875. The van der Waals surface area contributed by atoms with Crippen molar-refractivity contribution in [1.29, 1.82) is 0 Å². The van der Waals surface area contributed by atoms with Gasteiger partial charge < -0.3 is 4.74 Å². The van der Waals surface area contributed by atoms with Crippen molar-refractivity contribution in [3.63, 3.8) is 0 Å². The number of cyclic esters (lactones) is 1. The molecular weight excluding hydrogens is 785 g/mol. The molecule has 0 spiro atoms. The van der Waals surface area contributed by atoms with Gasteiger partial charge in [-0.25, -0.2) is 17.3 Å². The van der Waals surface area contributed by atoms with Crippen molar-refractivity contribution in [2.24, 2.45) is 0 Å². The van der Waals surface area contributed by atoms with Gasteiger partial charge in [0.25, 0.3) is 0 Å². The normalized spacial score (nSPS) is 26.9. The van der Waals surface area contributed by atoms with Crippen LogP contribution in [-0.2, 0) is 56.9 Å². The smallest absolute Gasteiger partial charge is 0.416 e. The molecule has 13 nitrogen and oxygen atoms in total. The zero-order valence-corrected chi connectivity index (χ0v) is 36.4. The van der Waals surface area contributed by atoms with Gasteiger partial charge in [0.15, 0.2) is 0 Å². The first kappa shape index (κ1) is 50.7. The van der Waals surface area contributed by atoms with Crippen molar-refractivity contribution < 1.29 is 55.5 Å². The summed E-state index contributed by atoms with van der Waals surface area (Å²) in [7, 11) is -14.1. The van der Waals surface area contributed by atoms with Crippen molar-refractivity contribution in [3.8, 4) is 0 Å².